The third-order valence-corrected chi connectivity index (χ3v) is 9.06. The Morgan fingerprint density at radius 1 is 0.976 bits per heavy atom. The molecule has 3 atom stereocenters. The van der Waals surface area contributed by atoms with E-state index in [2.05, 4.69) is 29.6 Å². The summed E-state index contributed by atoms with van der Waals surface area (Å²) < 4.78 is 6.19. The van der Waals surface area contributed by atoms with E-state index in [9.17, 15) is 19.2 Å². The second-order valence-corrected chi connectivity index (χ2v) is 12.3. The van der Waals surface area contributed by atoms with Crippen molar-refractivity contribution in [3.05, 3.63) is 64.7 Å². The van der Waals surface area contributed by atoms with Gasteiger partial charge in [-0.3, -0.25) is 24.1 Å². The van der Waals surface area contributed by atoms with E-state index < -0.39 is 18.0 Å². The molecule has 4 amide bonds. The van der Waals surface area contributed by atoms with Crippen LogP contribution >= 0.6 is 0 Å². The van der Waals surface area contributed by atoms with Gasteiger partial charge in [0, 0.05) is 25.7 Å². The minimum atomic E-state index is -0.621. The van der Waals surface area contributed by atoms with Crippen LogP contribution in [0.5, 0.6) is 0 Å². The number of primary amides is 2. The summed E-state index contributed by atoms with van der Waals surface area (Å²) in [4.78, 5) is 51.1. The molecule has 3 aliphatic rings. The van der Waals surface area contributed by atoms with Gasteiger partial charge in [0.15, 0.2) is 0 Å². The Morgan fingerprint density at radius 3 is 2.40 bits per heavy atom. The van der Waals surface area contributed by atoms with Gasteiger partial charge < -0.3 is 21.5 Å². The standard InChI is InChI=1S/C33H42N4O5/c1-20(42-19-22-10-8-21(9-11-22)14-23-15-24(16-23)17-30(35)39)27(12-13-29(34)38)36-33(41)28-18-26-6-2-4-25-5-3-7-31(40)37(28)32(25)26/h2,4,6,8-11,20,23-24,27-28H,3,5,7,12-19H2,1H3,(H2,34,38)(H2,35,39)(H,36,41)/t20-,23?,24?,27+,28+/m1/s1. The summed E-state index contributed by atoms with van der Waals surface area (Å²) in [5.41, 5.74) is 16.0. The molecule has 0 saturated heterocycles. The lowest BCUT2D eigenvalue weighted by atomic mass is 9.70. The summed E-state index contributed by atoms with van der Waals surface area (Å²) in [6.45, 7) is 2.25. The van der Waals surface area contributed by atoms with Crippen LogP contribution < -0.4 is 21.7 Å². The summed E-state index contributed by atoms with van der Waals surface area (Å²) in [5.74, 6) is 0.0958. The molecule has 2 aliphatic heterocycles. The second-order valence-electron chi connectivity index (χ2n) is 12.3. The van der Waals surface area contributed by atoms with E-state index in [0.717, 1.165) is 54.5 Å². The fraction of sp³-hybridized carbons (Fsp3) is 0.515. The lowest BCUT2D eigenvalue weighted by Crippen LogP contribution is -2.53. The Labute approximate surface area is 247 Å². The maximum Gasteiger partial charge on any atom is 0.243 e. The minimum absolute atomic E-state index is 0.0249. The van der Waals surface area contributed by atoms with Crippen molar-refractivity contribution < 1.29 is 23.9 Å². The van der Waals surface area contributed by atoms with Gasteiger partial charge in [-0.1, -0.05) is 42.5 Å². The highest BCUT2D eigenvalue weighted by Crippen LogP contribution is 2.39. The zero-order chi connectivity index (χ0) is 29.8. The number of rotatable bonds is 13. The van der Waals surface area contributed by atoms with Crippen molar-refractivity contribution >= 4 is 29.3 Å². The van der Waals surface area contributed by atoms with Gasteiger partial charge in [-0.25, -0.2) is 0 Å². The monoisotopic (exact) mass is 574 g/mol. The molecule has 9 heteroatoms. The highest BCUT2D eigenvalue weighted by Gasteiger charge is 2.41. The molecular weight excluding hydrogens is 532 g/mol. The molecule has 0 spiro atoms. The van der Waals surface area contributed by atoms with E-state index in [1.807, 2.05) is 25.1 Å². The van der Waals surface area contributed by atoms with Crippen LogP contribution in [0.2, 0.25) is 0 Å². The number of nitrogens with one attached hydrogen (secondary N) is 1. The zero-order valence-electron chi connectivity index (χ0n) is 24.3. The number of carbonyl (C=O) groups excluding carboxylic acids is 4. The molecule has 1 fully saturated rings. The number of hydrogen-bond acceptors (Lipinski definition) is 5. The summed E-state index contributed by atoms with van der Waals surface area (Å²) >= 11 is 0. The van der Waals surface area contributed by atoms with Crippen molar-refractivity contribution in [3.8, 4) is 0 Å². The van der Waals surface area contributed by atoms with Crippen molar-refractivity contribution in [1.29, 1.82) is 0 Å². The van der Waals surface area contributed by atoms with E-state index in [-0.39, 0.29) is 30.2 Å². The van der Waals surface area contributed by atoms with Crippen molar-refractivity contribution in [2.45, 2.75) is 95.9 Å². The second kappa shape index (κ2) is 13.1. The number of para-hydroxylation sites is 1. The highest BCUT2D eigenvalue weighted by atomic mass is 16.5. The SMILES string of the molecule is C[C@@H](OCc1ccc(CC2CC(CC(N)=O)C2)cc1)[C@H](CCC(N)=O)NC(=O)[C@@H]1Cc2cccc3c2N1C(=O)CCC3. The van der Waals surface area contributed by atoms with Gasteiger partial charge in [0.25, 0.3) is 0 Å². The number of nitrogens with zero attached hydrogens (tertiary/aromatic N) is 1. The van der Waals surface area contributed by atoms with Crippen molar-refractivity contribution in [3.63, 3.8) is 0 Å². The molecule has 0 unspecified atom stereocenters. The summed E-state index contributed by atoms with van der Waals surface area (Å²) in [5, 5.41) is 3.10. The predicted octanol–water partition coefficient (Wildman–Crippen LogP) is 3.08. The van der Waals surface area contributed by atoms with Crippen LogP contribution in [-0.2, 0) is 49.8 Å². The molecule has 5 rings (SSSR count). The molecule has 2 heterocycles. The molecule has 5 N–H and O–H groups in total. The number of ether oxygens (including phenoxy) is 1. The van der Waals surface area contributed by atoms with Crippen LogP contribution in [0.4, 0.5) is 5.69 Å². The van der Waals surface area contributed by atoms with E-state index in [1.165, 1.54) is 5.56 Å². The van der Waals surface area contributed by atoms with Gasteiger partial charge >= 0.3 is 0 Å². The first-order chi connectivity index (χ1) is 20.2. The fourth-order valence-corrected chi connectivity index (χ4v) is 6.78. The molecule has 2 aromatic carbocycles. The summed E-state index contributed by atoms with van der Waals surface area (Å²) in [6.07, 6.45) is 6.12. The number of anilines is 1. The first kappa shape index (κ1) is 29.8. The lowest BCUT2D eigenvalue weighted by molar-refractivity contribution is -0.128. The van der Waals surface area contributed by atoms with Crippen LogP contribution in [0.15, 0.2) is 42.5 Å². The molecule has 9 nitrogen and oxygen atoms in total. The topological polar surface area (TPSA) is 145 Å². The minimum Gasteiger partial charge on any atom is -0.372 e. The first-order valence-electron chi connectivity index (χ1n) is 15.2. The molecule has 1 aliphatic carbocycles. The maximum atomic E-state index is 13.6. The number of benzene rings is 2. The normalized spacial score (nSPS) is 22.5. The average Bonchev–Trinajstić information content (AvgIpc) is 3.25. The van der Waals surface area contributed by atoms with Gasteiger partial charge in [0.1, 0.15) is 6.04 Å². The maximum absolute atomic E-state index is 13.6. The van der Waals surface area contributed by atoms with Gasteiger partial charge in [0.2, 0.25) is 23.6 Å². The van der Waals surface area contributed by atoms with Crippen LogP contribution in [-0.4, -0.2) is 41.8 Å². The number of hydrogen-bond donors (Lipinski definition) is 3. The zero-order valence-corrected chi connectivity index (χ0v) is 24.3. The van der Waals surface area contributed by atoms with E-state index in [0.29, 0.717) is 44.1 Å². The Hall–Kier alpha value is -3.72. The molecule has 1 saturated carbocycles. The number of amides is 4. The molecule has 42 heavy (non-hydrogen) atoms. The summed E-state index contributed by atoms with van der Waals surface area (Å²) in [6, 6.07) is 13.3. The molecule has 0 bridgehead atoms. The highest BCUT2D eigenvalue weighted by molar-refractivity contribution is 6.04. The largest absolute Gasteiger partial charge is 0.372 e. The van der Waals surface area contributed by atoms with Crippen molar-refractivity contribution in [2.24, 2.45) is 23.3 Å². The van der Waals surface area contributed by atoms with Crippen molar-refractivity contribution in [2.75, 3.05) is 4.90 Å². The molecule has 2 aromatic rings. The Balaban J connectivity index is 1.17. The Kier molecular flexibility index (Phi) is 9.26. The van der Waals surface area contributed by atoms with Gasteiger partial charge in [-0.15, -0.1) is 0 Å². The molecular formula is C33H42N4O5. The van der Waals surface area contributed by atoms with Crippen molar-refractivity contribution in [1.82, 2.24) is 5.32 Å². The van der Waals surface area contributed by atoms with Crippen LogP contribution in [0.3, 0.4) is 0 Å². The molecule has 0 aromatic heterocycles. The first-order valence-corrected chi connectivity index (χ1v) is 15.2. The fourth-order valence-electron chi connectivity index (χ4n) is 6.78. The Morgan fingerprint density at radius 2 is 1.69 bits per heavy atom. The average molecular weight is 575 g/mol. The quantitative estimate of drug-likeness (QED) is 0.337. The lowest BCUT2D eigenvalue weighted by Gasteiger charge is -2.34. The van der Waals surface area contributed by atoms with E-state index >= 15 is 0 Å². The van der Waals surface area contributed by atoms with Crippen LogP contribution in [0.1, 0.15) is 74.1 Å². The molecule has 0 radical (unpaired) electrons. The number of carbonyl (C=O) groups is 4. The van der Waals surface area contributed by atoms with Gasteiger partial charge in [-0.2, -0.15) is 0 Å². The Bertz CT molecular complexity index is 1320. The van der Waals surface area contributed by atoms with Gasteiger partial charge in [0.05, 0.1) is 24.4 Å². The molecule has 224 valence electrons. The smallest absolute Gasteiger partial charge is 0.243 e. The number of nitrogens with two attached hydrogens (primary N) is 2. The number of aryl methyl sites for hydroxylation is 1. The third-order valence-electron chi connectivity index (χ3n) is 9.06. The predicted molar refractivity (Wildman–Crippen MR) is 159 cm³/mol. The van der Waals surface area contributed by atoms with E-state index in [4.69, 9.17) is 16.2 Å². The summed E-state index contributed by atoms with van der Waals surface area (Å²) in [7, 11) is 0. The van der Waals surface area contributed by atoms with Crippen LogP contribution in [0.25, 0.3) is 0 Å². The third kappa shape index (κ3) is 7.01. The van der Waals surface area contributed by atoms with Gasteiger partial charge in [-0.05, 0) is 79.5 Å². The van der Waals surface area contributed by atoms with E-state index in [1.54, 1.807) is 4.90 Å². The van der Waals surface area contributed by atoms with Crippen LogP contribution in [0, 0.1) is 11.8 Å².